The second-order valence-electron chi connectivity index (χ2n) is 5.90. The average molecular weight is 308 g/mol. The number of halogens is 1. The van der Waals surface area contributed by atoms with Crippen molar-refractivity contribution in [1.82, 2.24) is 5.32 Å². The topological polar surface area (TPSA) is 38.3 Å². The summed E-state index contributed by atoms with van der Waals surface area (Å²) in [7, 11) is 0. The Balaban J connectivity index is 1.46. The molecule has 4 heteroatoms. The van der Waals surface area contributed by atoms with E-state index in [0.717, 1.165) is 19.3 Å². The van der Waals surface area contributed by atoms with Gasteiger partial charge in [-0.3, -0.25) is 4.79 Å². The molecule has 0 heterocycles. The molecule has 1 amide bonds. The summed E-state index contributed by atoms with van der Waals surface area (Å²) < 4.78 is 5.30. The third-order valence-corrected chi connectivity index (χ3v) is 4.77. The molecule has 0 aromatic heterocycles. The maximum absolute atomic E-state index is 12.3. The Morgan fingerprint density at radius 3 is 3.05 bits per heavy atom. The summed E-state index contributed by atoms with van der Waals surface area (Å²) in [5, 5.41) is 3.06. The first-order chi connectivity index (χ1) is 10.3. The number of carbonyl (C=O) groups excluding carboxylic acids is 1. The third kappa shape index (κ3) is 3.24. The van der Waals surface area contributed by atoms with Crippen molar-refractivity contribution in [3.05, 3.63) is 35.4 Å². The van der Waals surface area contributed by atoms with Crippen molar-refractivity contribution in [1.29, 1.82) is 0 Å². The molecule has 21 heavy (non-hydrogen) atoms. The molecule has 1 N–H and O–H groups in total. The molecule has 3 rings (SSSR count). The Kier molecular flexibility index (Phi) is 4.81. The molecule has 3 unspecified atom stereocenters. The first-order valence-corrected chi connectivity index (χ1v) is 8.35. The van der Waals surface area contributed by atoms with Crippen LogP contribution in [0.25, 0.3) is 0 Å². The highest BCUT2D eigenvalue weighted by Crippen LogP contribution is 2.59. The van der Waals surface area contributed by atoms with Crippen LogP contribution in [-0.2, 0) is 16.0 Å². The van der Waals surface area contributed by atoms with Crippen molar-refractivity contribution in [2.24, 2.45) is 11.8 Å². The lowest BCUT2D eigenvalue weighted by molar-refractivity contribution is -0.122. The molecule has 1 saturated carbocycles. The van der Waals surface area contributed by atoms with Crippen LogP contribution in [0.4, 0.5) is 0 Å². The van der Waals surface area contributed by atoms with E-state index < -0.39 is 0 Å². The Bertz CT molecular complexity index is 505. The SMILES string of the molecule is O=C(NCCCOCCCl)C1C2CCc3ccccc3C21. The summed E-state index contributed by atoms with van der Waals surface area (Å²) in [4.78, 5) is 12.3. The summed E-state index contributed by atoms with van der Waals surface area (Å²) in [6.07, 6.45) is 3.12. The maximum atomic E-state index is 12.3. The lowest BCUT2D eigenvalue weighted by Crippen LogP contribution is -2.27. The Morgan fingerprint density at radius 1 is 1.33 bits per heavy atom. The number of amides is 1. The zero-order valence-corrected chi connectivity index (χ0v) is 12.9. The number of benzene rings is 1. The van der Waals surface area contributed by atoms with E-state index in [-0.39, 0.29) is 11.8 Å². The van der Waals surface area contributed by atoms with Crippen molar-refractivity contribution in [2.75, 3.05) is 25.6 Å². The molecule has 3 atom stereocenters. The number of hydrogen-bond donors (Lipinski definition) is 1. The van der Waals surface area contributed by atoms with Crippen LogP contribution in [0.5, 0.6) is 0 Å². The zero-order chi connectivity index (χ0) is 14.7. The molecule has 2 aliphatic rings. The smallest absolute Gasteiger partial charge is 0.224 e. The number of hydrogen-bond acceptors (Lipinski definition) is 2. The largest absolute Gasteiger partial charge is 0.380 e. The second-order valence-corrected chi connectivity index (χ2v) is 6.28. The quantitative estimate of drug-likeness (QED) is 0.621. The summed E-state index contributed by atoms with van der Waals surface area (Å²) in [5.74, 6) is 1.96. The minimum Gasteiger partial charge on any atom is -0.380 e. The monoisotopic (exact) mass is 307 g/mol. The average Bonchev–Trinajstić information content (AvgIpc) is 3.25. The molecule has 3 nitrogen and oxygen atoms in total. The van der Waals surface area contributed by atoms with E-state index in [0.29, 0.717) is 37.5 Å². The van der Waals surface area contributed by atoms with Gasteiger partial charge in [0, 0.05) is 24.9 Å². The van der Waals surface area contributed by atoms with Gasteiger partial charge in [0.2, 0.25) is 5.91 Å². The van der Waals surface area contributed by atoms with Crippen LogP contribution in [0, 0.1) is 11.8 Å². The van der Waals surface area contributed by atoms with Crippen LogP contribution in [0.1, 0.15) is 29.9 Å². The van der Waals surface area contributed by atoms with Crippen LogP contribution < -0.4 is 5.32 Å². The van der Waals surface area contributed by atoms with Gasteiger partial charge in [0.05, 0.1) is 6.61 Å². The standard InChI is InChI=1S/C17H22ClNO2/c18-8-11-21-10-3-9-19-17(20)16-14-7-6-12-4-1-2-5-13(12)15(14)16/h1-2,4-5,14-16H,3,6-11H2,(H,19,20). The van der Waals surface area contributed by atoms with Crippen LogP contribution in [0.15, 0.2) is 24.3 Å². The van der Waals surface area contributed by atoms with Crippen molar-refractivity contribution in [2.45, 2.75) is 25.2 Å². The lowest BCUT2D eigenvalue weighted by Gasteiger charge is -2.13. The number of fused-ring (bicyclic) bond motifs is 3. The number of aryl methyl sites for hydroxylation is 1. The Hall–Kier alpha value is -1.06. The summed E-state index contributed by atoms with van der Waals surface area (Å²) in [6.45, 7) is 1.94. The Morgan fingerprint density at radius 2 is 2.19 bits per heavy atom. The highest BCUT2D eigenvalue weighted by molar-refractivity contribution is 6.17. The van der Waals surface area contributed by atoms with Crippen LogP contribution in [0.3, 0.4) is 0 Å². The van der Waals surface area contributed by atoms with Gasteiger partial charge in [-0.25, -0.2) is 0 Å². The molecule has 2 aliphatic carbocycles. The second kappa shape index (κ2) is 6.80. The number of carbonyl (C=O) groups is 1. The highest BCUT2D eigenvalue weighted by Gasteiger charge is 2.56. The van der Waals surface area contributed by atoms with Crippen molar-refractivity contribution in [3.8, 4) is 0 Å². The first kappa shape index (κ1) is 14.9. The summed E-state index contributed by atoms with van der Waals surface area (Å²) >= 11 is 5.53. The summed E-state index contributed by atoms with van der Waals surface area (Å²) in [6, 6.07) is 8.58. The van der Waals surface area contributed by atoms with Gasteiger partial charge >= 0.3 is 0 Å². The summed E-state index contributed by atoms with van der Waals surface area (Å²) in [5.41, 5.74) is 2.84. The molecule has 1 aromatic rings. The van der Waals surface area contributed by atoms with E-state index in [1.54, 1.807) is 0 Å². The van der Waals surface area contributed by atoms with E-state index in [2.05, 4.69) is 29.6 Å². The fraction of sp³-hybridized carbons (Fsp3) is 0.588. The van der Waals surface area contributed by atoms with Crippen molar-refractivity contribution < 1.29 is 9.53 Å². The zero-order valence-electron chi connectivity index (χ0n) is 12.2. The molecule has 1 fully saturated rings. The fourth-order valence-electron chi connectivity index (χ4n) is 3.58. The molecule has 0 aliphatic heterocycles. The normalized spacial score (nSPS) is 25.9. The fourth-order valence-corrected chi connectivity index (χ4v) is 3.69. The molecule has 0 spiro atoms. The predicted octanol–water partition coefficient (Wildman–Crippen LogP) is 2.72. The minimum atomic E-state index is 0.192. The molecule has 0 bridgehead atoms. The molecule has 0 saturated heterocycles. The van der Waals surface area contributed by atoms with E-state index >= 15 is 0 Å². The minimum absolute atomic E-state index is 0.192. The van der Waals surface area contributed by atoms with Crippen LogP contribution in [0.2, 0.25) is 0 Å². The molecule has 1 aromatic carbocycles. The number of alkyl halides is 1. The van der Waals surface area contributed by atoms with Gasteiger partial charge in [-0.2, -0.15) is 0 Å². The lowest BCUT2D eigenvalue weighted by atomic mass is 9.92. The number of nitrogens with one attached hydrogen (secondary N) is 1. The molecule has 0 radical (unpaired) electrons. The third-order valence-electron chi connectivity index (χ3n) is 4.62. The Labute approximate surface area is 131 Å². The van der Waals surface area contributed by atoms with Gasteiger partial charge in [0.25, 0.3) is 0 Å². The van der Waals surface area contributed by atoms with Gasteiger partial charge in [0.15, 0.2) is 0 Å². The maximum Gasteiger partial charge on any atom is 0.224 e. The van der Waals surface area contributed by atoms with Crippen molar-refractivity contribution in [3.63, 3.8) is 0 Å². The van der Waals surface area contributed by atoms with Gasteiger partial charge in [0.1, 0.15) is 0 Å². The van der Waals surface area contributed by atoms with Gasteiger partial charge in [-0.05, 0) is 42.2 Å². The van der Waals surface area contributed by atoms with E-state index in [4.69, 9.17) is 16.3 Å². The predicted molar refractivity (Wildman–Crippen MR) is 83.6 cm³/mol. The highest BCUT2D eigenvalue weighted by atomic mass is 35.5. The molecular formula is C17H22ClNO2. The van der Waals surface area contributed by atoms with E-state index in [9.17, 15) is 4.79 Å². The van der Waals surface area contributed by atoms with Gasteiger partial charge in [-0.15, -0.1) is 11.6 Å². The number of rotatable bonds is 7. The van der Waals surface area contributed by atoms with Crippen LogP contribution >= 0.6 is 11.6 Å². The molecule has 114 valence electrons. The van der Waals surface area contributed by atoms with Gasteiger partial charge in [-0.1, -0.05) is 24.3 Å². The first-order valence-electron chi connectivity index (χ1n) is 7.82. The van der Waals surface area contributed by atoms with Crippen molar-refractivity contribution >= 4 is 17.5 Å². The molecular weight excluding hydrogens is 286 g/mol. The van der Waals surface area contributed by atoms with E-state index in [1.807, 2.05) is 0 Å². The number of ether oxygens (including phenoxy) is 1. The van der Waals surface area contributed by atoms with E-state index in [1.165, 1.54) is 11.1 Å². The van der Waals surface area contributed by atoms with Gasteiger partial charge < -0.3 is 10.1 Å². The van der Waals surface area contributed by atoms with Crippen LogP contribution in [-0.4, -0.2) is 31.5 Å².